The van der Waals surface area contributed by atoms with Gasteiger partial charge in [-0.1, -0.05) is 24.3 Å². The molecule has 8 nitrogen and oxygen atoms in total. The smallest absolute Gasteiger partial charge is 0.368 e. The van der Waals surface area contributed by atoms with E-state index in [0.717, 1.165) is 22.3 Å². The number of aliphatic carboxylic acids is 1. The van der Waals surface area contributed by atoms with E-state index in [1.54, 1.807) is 6.07 Å². The van der Waals surface area contributed by atoms with E-state index in [0.29, 0.717) is 11.4 Å². The Hall–Kier alpha value is -3.42. The highest BCUT2D eigenvalue weighted by molar-refractivity contribution is 5.77. The van der Waals surface area contributed by atoms with Crippen LogP contribution in [0.15, 0.2) is 41.2 Å². The lowest BCUT2D eigenvalue weighted by molar-refractivity contribution is -0.152. The fraction of sp³-hybridized carbons (Fsp3) is 0.333. The SMILES string of the molecule is Cc1cccc(-n2nnn(Cc3cc(C)c(OC(C)(C)C(=O)O)c(C)c3)c2=O)c1. The summed E-state index contributed by atoms with van der Waals surface area (Å²) in [6, 6.07) is 11.2. The molecular weight excluding hydrogens is 372 g/mol. The highest BCUT2D eigenvalue weighted by Gasteiger charge is 2.30. The highest BCUT2D eigenvalue weighted by atomic mass is 16.5. The first-order chi connectivity index (χ1) is 13.6. The molecule has 152 valence electrons. The second-order valence-corrected chi connectivity index (χ2v) is 7.65. The maximum atomic E-state index is 12.7. The zero-order valence-electron chi connectivity index (χ0n) is 17.1. The molecule has 3 aromatic rings. The molecule has 1 heterocycles. The van der Waals surface area contributed by atoms with Gasteiger partial charge in [-0.2, -0.15) is 9.36 Å². The van der Waals surface area contributed by atoms with Crippen LogP contribution in [0, 0.1) is 20.8 Å². The van der Waals surface area contributed by atoms with Crippen LogP contribution >= 0.6 is 0 Å². The van der Waals surface area contributed by atoms with Crippen LogP contribution in [-0.2, 0) is 11.3 Å². The molecule has 0 atom stereocenters. The standard InChI is InChI=1S/C21H24N4O4/c1-13-7-6-8-17(9-13)25-20(28)24(22-23-25)12-16-10-14(2)18(15(3)11-16)29-21(4,5)19(26)27/h6-11H,12H2,1-5H3,(H,26,27). The van der Waals surface area contributed by atoms with E-state index >= 15 is 0 Å². The number of hydrogen-bond donors (Lipinski definition) is 1. The van der Waals surface area contributed by atoms with Gasteiger partial charge in [0.05, 0.1) is 12.2 Å². The summed E-state index contributed by atoms with van der Waals surface area (Å²) in [5.41, 5.74) is 2.42. The first kappa shape index (κ1) is 20.3. The fourth-order valence-corrected chi connectivity index (χ4v) is 3.06. The first-order valence-electron chi connectivity index (χ1n) is 9.21. The van der Waals surface area contributed by atoms with Crippen LogP contribution < -0.4 is 10.4 Å². The number of tetrazole rings is 1. The average Bonchev–Trinajstić information content (AvgIpc) is 2.99. The number of carbonyl (C=O) groups is 1. The molecule has 0 aliphatic carbocycles. The van der Waals surface area contributed by atoms with E-state index in [9.17, 15) is 14.7 Å². The molecule has 0 saturated carbocycles. The van der Waals surface area contributed by atoms with Gasteiger partial charge in [0.25, 0.3) is 0 Å². The van der Waals surface area contributed by atoms with Crippen molar-refractivity contribution >= 4 is 5.97 Å². The predicted molar refractivity (Wildman–Crippen MR) is 108 cm³/mol. The van der Waals surface area contributed by atoms with Gasteiger partial charge in [-0.15, -0.1) is 0 Å². The van der Waals surface area contributed by atoms with E-state index < -0.39 is 11.6 Å². The largest absolute Gasteiger partial charge is 0.478 e. The molecule has 1 N–H and O–H groups in total. The molecule has 0 aliphatic heterocycles. The third kappa shape index (κ3) is 4.21. The van der Waals surface area contributed by atoms with E-state index in [4.69, 9.17) is 4.74 Å². The van der Waals surface area contributed by atoms with Crippen molar-refractivity contribution in [1.82, 2.24) is 19.8 Å². The molecule has 2 aromatic carbocycles. The van der Waals surface area contributed by atoms with Crippen molar-refractivity contribution in [1.29, 1.82) is 0 Å². The minimum atomic E-state index is -1.34. The molecule has 3 rings (SSSR count). The number of carboxylic acid groups (broad SMARTS) is 1. The van der Waals surface area contributed by atoms with Crippen LogP contribution in [0.5, 0.6) is 5.75 Å². The topological polar surface area (TPSA) is 99.2 Å². The summed E-state index contributed by atoms with van der Waals surface area (Å²) in [5, 5.41) is 17.3. The molecular formula is C21H24N4O4. The third-order valence-electron chi connectivity index (χ3n) is 4.61. The first-order valence-corrected chi connectivity index (χ1v) is 9.21. The van der Waals surface area contributed by atoms with Gasteiger partial charge in [0, 0.05) is 0 Å². The Morgan fingerprint density at radius 3 is 2.34 bits per heavy atom. The van der Waals surface area contributed by atoms with Gasteiger partial charge in [0.1, 0.15) is 5.75 Å². The fourth-order valence-electron chi connectivity index (χ4n) is 3.06. The van der Waals surface area contributed by atoms with Crippen LogP contribution in [0.1, 0.15) is 36.1 Å². The summed E-state index contributed by atoms with van der Waals surface area (Å²) in [6.07, 6.45) is 0. The Morgan fingerprint density at radius 2 is 1.76 bits per heavy atom. The van der Waals surface area contributed by atoms with Gasteiger partial charge in [0.2, 0.25) is 0 Å². The van der Waals surface area contributed by atoms with Gasteiger partial charge < -0.3 is 9.84 Å². The summed E-state index contributed by atoms with van der Waals surface area (Å²) in [4.78, 5) is 24.0. The zero-order chi connectivity index (χ0) is 21.3. The molecule has 0 spiro atoms. The van der Waals surface area contributed by atoms with Crippen molar-refractivity contribution in [2.75, 3.05) is 0 Å². The summed E-state index contributed by atoms with van der Waals surface area (Å²) in [6.45, 7) is 8.89. The molecule has 0 fully saturated rings. The molecule has 0 unspecified atom stereocenters. The Kier molecular flexibility index (Phi) is 5.28. The van der Waals surface area contributed by atoms with Gasteiger partial charge >= 0.3 is 11.7 Å². The molecule has 29 heavy (non-hydrogen) atoms. The van der Waals surface area contributed by atoms with Gasteiger partial charge in [-0.3, -0.25) is 0 Å². The number of ether oxygens (including phenoxy) is 1. The van der Waals surface area contributed by atoms with Crippen LogP contribution in [-0.4, -0.2) is 36.5 Å². The van der Waals surface area contributed by atoms with E-state index in [1.807, 2.05) is 51.1 Å². The maximum Gasteiger partial charge on any atom is 0.368 e. The Labute approximate surface area is 168 Å². The average molecular weight is 396 g/mol. The molecule has 1 aromatic heterocycles. The number of benzene rings is 2. The monoisotopic (exact) mass is 396 g/mol. The van der Waals surface area contributed by atoms with Crippen LogP contribution in [0.4, 0.5) is 0 Å². The number of aromatic nitrogens is 4. The summed E-state index contributed by atoms with van der Waals surface area (Å²) >= 11 is 0. The van der Waals surface area contributed by atoms with Crippen molar-refractivity contribution in [3.63, 3.8) is 0 Å². The van der Waals surface area contributed by atoms with Crippen molar-refractivity contribution < 1.29 is 14.6 Å². The zero-order valence-corrected chi connectivity index (χ0v) is 17.1. The lowest BCUT2D eigenvalue weighted by Gasteiger charge is -2.24. The molecule has 0 saturated heterocycles. The quantitative estimate of drug-likeness (QED) is 0.688. The normalized spacial score (nSPS) is 11.5. The number of carboxylic acids is 1. The van der Waals surface area contributed by atoms with Crippen LogP contribution in [0.2, 0.25) is 0 Å². The van der Waals surface area contributed by atoms with E-state index in [1.165, 1.54) is 23.2 Å². The third-order valence-corrected chi connectivity index (χ3v) is 4.61. The Balaban J connectivity index is 1.89. The second kappa shape index (κ2) is 7.54. The number of aryl methyl sites for hydroxylation is 3. The molecule has 0 aliphatic rings. The molecule has 0 bridgehead atoms. The molecule has 8 heteroatoms. The van der Waals surface area contributed by atoms with E-state index in [2.05, 4.69) is 10.4 Å². The maximum absolute atomic E-state index is 12.7. The lowest BCUT2D eigenvalue weighted by Crippen LogP contribution is -2.38. The minimum absolute atomic E-state index is 0.245. The van der Waals surface area contributed by atoms with Crippen LogP contribution in [0.3, 0.4) is 0 Å². The van der Waals surface area contributed by atoms with Gasteiger partial charge in [0.15, 0.2) is 5.60 Å². The number of rotatable bonds is 6. The second-order valence-electron chi connectivity index (χ2n) is 7.65. The summed E-state index contributed by atoms with van der Waals surface area (Å²) in [7, 11) is 0. The lowest BCUT2D eigenvalue weighted by atomic mass is 10.0. The summed E-state index contributed by atoms with van der Waals surface area (Å²) in [5.74, 6) is -0.517. The Bertz CT molecular complexity index is 1100. The Morgan fingerprint density at radius 1 is 1.10 bits per heavy atom. The predicted octanol–water partition coefficient (Wildman–Crippen LogP) is 2.64. The molecule has 0 amide bonds. The van der Waals surface area contributed by atoms with Crippen LogP contribution in [0.25, 0.3) is 5.69 Å². The van der Waals surface area contributed by atoms with Gasteiger partial charge in [-0.05, 0) is 79.4 Å². The molecule has 0 radical (unpaired) electrons. The minimum Gasteiger partial charge on any atom is -0.478 e. The van der Waals surface area contributed by atoms with E-state index in [-0.39, 0.29) is 12.2 Å². The van der Waals surface area contributed by atoms with Gasteiger partial charge in [-0.25, -0.2) is 9.59 Å². The van der Waals surface area contributed by atoms with Crippen molar-refractivity contribution in [2.24, 2.45) is 0 Å². The highest BCUT2D eigenvalue weighted by Crippen LogP contribution is 2.29. The number of hydrogen-bond acceptors (Lipinski definition) is 5. The number of nitrogens with zero attached hydrogens (tertiary/aromatic N) is 4. The van der Waals surface area contributed by atoms with Crippen molar-refractivity contribution in [2.45, 2.75) is 46.8 Å². The van der Waals surface area contributed by atoms with Crippen molar-refractivity contribution in [3.05, 3.63) is 69.1 Å². The summed E-state index contributed by atoms with van der Waals surface area (Å²) < 4.78 is 8.28. The van der Waals surface area contributed by atoms with Crippen molar-refractivity contribution in [3.8, 4) is 11.4 Å².